The molecule has 0 bridgehead atoms. The van der Waals surface area contributed by atoms with Crippen LogP contribution in [0.3, 0.4) is 0 Å². The van der Waals surface area contributed by atoms with E-state index < -0.39 is 11.8 Å². The summed E-state index contributed by atoms with van der Waals surface area (Å²) in [5, 5.41) is 16.0. The van der Waals surface area contributed by atoms with Crippen molar-refractivity contribution < 1.29 is 5.11 Å². The Morgan fingerprint density at radius 1 is 1.00 bits per heavy atom. The van der Waals surface area contributed by atoms with E-state index in [-0.39, 0.29) is 5.15 Å². The highest BCUT2D eigenvalue weighted by molar-refractivity contribution is 6.34. The van der Waals surface area contributed by atoms with Gasteiger partial charge < -0.3 is 5.11 Å². The largest absolute Gasteiger partial charge is 0.368 e. The quantitative estimate of drug-likeness (QED) is 0.788. The van der Waals surface area contributed by atoms with Crippen molar-refractivity contribution in [2.75, 3.05) is 0 Å². The standard InChI is InChI=1S/C15H10Cl2N2O2/c16-10-7-5-9(6-8-10)14(20)19-15(21)12-4-2-1-3-11(12)13(17)18-19/h1-8,14,20H. The number of rotatable bonds is 2. The van der Waals surface area contributed by atoms with Crippen molar-refractivity contribution in [3.63, 3.8) is 0 Å². The van der Waals surface area contributed by atoms with E-state index in [9.17, 15) is 9.90 Å². The fourth-order valence-corrected chi connectivity index (χ4v) is 2.48. The zero-order valence-electron chi connectivity index (χ0n) is 10.7. The summed E-state index contributed by atoms with van der Waals surface area (Å²) in [6, 6.07) is 13.4. The highest BCUT2D eigenvalue weighted by Crippen LogP contribution is 2.21. The molecule has 2 aromatic carbocycles. The first kappa shape index (κ1) is 14.1. The van der Waals surface area contributed by atoms with Gasteiger partial charge >= 0.3 is 0 Å². The molecule has 0 aliphatic rings. The van der Waals surface area contributed by atoms with Crippen LogP contribution in [0.4, 0.5) is 0 Å². The molecule has 1 aromatic heterocycles. The number of aliphatic hydroxyl groups is 1. The predicted molar refractivity (Wildman–Crippen MR) is 82.8 cm³/mol. The second kappa shape index (κ2) is 5.48. The van der Waals surface area contributed by atoms with Crippen LogP contribution in [0, 0.1) is 0 Å². The van der Waals surface area contributed by atoms with Crippen LogP contribution in [0.25, 0.3) is 10.8 Å². The van der Waals surface area contributed by atoms with Gasteiger partial charge in [-0.15, -0.1) is 0 Å². The van der Waals surface area contributed by atoms with Gasteiger partial charge in [0.2, 0.25) is 0 Å². The lowest BCUT2D eigenvalue weighted by molar-refractivity contribution is 0.127. The Bertz CT molecular complexity index is 860. The van der Waals surface area contributed by atoms with Crippen LogP contribution in [-0.2, 0) is 0 Å². The van der Waals surface area contributed by atoms with Gasteiger partial charge in [-0.3, -0.25) is 4.79 Å². The number of hydrogen-bond donors (Lipinski definition) is 1. The average molecular weight is 321 g/mol. The molecule has 0 aliphatic heterocycles. The summed E-state index contributed by atoms with van der Waals surface area (Å²) < 4.78 is 0.966. The first-order valence-corrected chi connectivity index (χ1v) is 6.94. The maximum absolute atomic E-state index is 12.4. The van der Waals surface area contributed by atoms with E-state index in [4.69, 9.17) is 23.2 Å². The molecule has 0 aliphatic carbocycles. The maximum atomic E-state index is 12.4. The minimum absolute atomic E-state index is 0.165. The summed E-state index contributed by atoms with van der Waals surface area (Å²) in [4.78, 5) is 12.4. The summed E-state index contributed by atoms with van der Waals surface area (Å²) in [7, 11) is 0. The lowest BCUT2D eigenvalue weighted by Crippen LogP contribution is -2.28. The van der Waals surface area contributed by atoms with Gasteiger partial charge in [0.15, 0.2) is 11.4 Å². The normalized spacial score (nSPS) is 12.5. The van der Waals surface area contributed by atoms with E-state index in [1.54, 1.807) is 48.5 Å². The summed E-state index contributed by atoms with van der Waals surface area (Å²) >= 11 is 11.9. The third kappa shape index (κ3) is 2.53. The summed E-state index contributed by atoms with van der Waals surface area (Å²) in [5.74, 6) is 0. The third-order valence-corrected chi connectivity index (χ3v) is 3.71. The molecule has 0 saturated heterocycles. The van der Waals surface area contributed by atoms with Crippen LogP contribution < -0.4 is 5.56 Å². The number of benzene rings is 2. The van der Waals surface area contributed by atoms with Crippen molar-refractivity contribution in [1.29, 1.82) is 0 Å². The minimum Gasteiger partial charge on any atom is -0.368 e. The first-order chi connectivity index (χ1) is 10.1. The SMILES string of the molecule is O=c1c2ccccc2c(Cl)nn1C(O)c1ccc(Cl)cc1. The van der Waals surface area contributed by atoms with Gasteiger partial charge in [-0.25, -0.2) is 0 Å². The number of aromatic nitrogens is 2. The number of fused-ring (bicyclic) bond motifs is 1. The smallest absolute Gasteiger partial charge is 0.277 e. The Labute approximate surface area is 130 Å². The Morgan fingerprint density at radius 3 is 2.29 bits per heavy atom. The molecule has 0 amide bonds. The second-order valence-electron chi connectivity index (χ2n) is 4.51. The van der Waals surface area contributed by atoms with E-state index in [0.717, 1.165) is 4.68 Å². The molecule has 21 heavy (non-hydrogen) atoms. The Balaban J connectivity index is 2.18. The number of nitrogens with zero attached hydrogens (tertiary/aromatic N) is 2. The van der Waals surface area contributed by atoms with Gasteiger partial charge in [0, 0.05) is 16.0 Å². The third-order valence-electron chi connectivity index (χ3n) is 3.18. The zero-order chi connectivity index (χ0) is 15.0. The molecule has 1 heterocycles. The Kier molecular flexibility index (Phi) is 3.68. The molecule has 6 heteroatoms. The Hall–Kier alpha value is -1.88. The lowest BCUT2D eigenvalue weighted by Gasteiger charge is -2.14. The van der Waals surface area contributed by atoms with Gasteiger partial charge in [0.1, 0.15) is 0 Å². The van der Waals surface area contributed by atoms with E-state index in [1.807, 2.05) is 0 Å². The topological polar surface area (TPSA) is 55.1 Å². The van der Waals surface area contributed by atoms with E-state index >= 15 is 0 Å². The fourth-order valence-electron chi connectivity index (χ4n) is 2.11. The molecule has 106 valence electrons. The fraction of sp³-hybridized carbons (Fsp3) is 0.0667. The lowest BCUT2D eigenvalue weighted by atomic mass is 10.2. The van der Waals surface area contributed by atoms with E-state index in [0.29, 0.717) is 21.4 Å². The highest BCUT2D eigenvalue weighted by Gasteiger charge is 2.16. The van der Waals surface area contributed by atoms with Crippen molar-refractivity contribution in [2.45, 2.75) is 6.23 Å². The van der Waals surface area contributed by atoms with Crippen LogP contribution in [0.2, 0.25) is 10.2 Å². The van der Waals surface area contributed by atoms with Gasteiger partial charge in [0.25, 0.3) is 5.56 Å². The summed E-state index contributed by atoms with van der Waals surface area (Å²) in [6.07, 6.45) is -1.23. The summed E-state index contributed by atoms with van der Waals surface area (Å²) in [5.41, 5.74) is 0.0952. The van der Waals surface area contributed by atoms with Crippen molar-refractivity contribution in [3.8, 4) is 0 Å². The van der Waals surface area contributed by atoms with Gasteiger partial charge in [-0.2, -0.15) is 9.78 Å². The molecule has 3 rings (SSSR count). The number of hydrogen-bond acceptors (Lipinski definition) is 3. The zero-order valence-corrected chi connectivity index (χ0v) is 12.2. The molecule has 3 aromatic rings. The molecule has 1 atom stereocenters. The average Bonchev–Trinajstić information content (AvgIpc) is 2.51. The van der Waals surface area contributed by atoms with Crippen molar-refractivity contribution in [2.24, 2.45) is 0 Å². The minimum atomic E-state index is -1.23. The molecular weight excluding hydrogens is 311 g/mol. The molecule has 0 radical (unpaired) electrons. The Morgan fingerprint density at radius 2 is 1.62 bits per heavy atom. The first-order valence-electron chi connectivity index (χ1n) is 6.18. The van der Waals surface area contributed by atoms with Crippen LogP contribution in [0.15, 0.2) is 53.3 Å². The van der Waals surface area contributed by atoms with Crippen molar-refractivity contribution >= 4 is 34.0 Å². The van der Waals surface area contributed by atoms with Gasteiger partial charge in [-0.1, -0.05) is 53.5 Å². The molecule has 0 fully saturated rings. The van der Waals surface area contributed by atoms with E-state index in [1.165, 1.54) is 0 Å². The summed E-state index contributed by atoms with van der Waals surface area (Å²) in [6.45, 7) is 0. The molecule has 1 N–H and O–H groups in total. The van der Waals surface area contributed by atoms with Crippen LogP contribution in [0.1, 0.15) is 11.8 Å². The number of aliphatic hydroxyl groups excluding tert-OH is 1. The molecular formula is C15H10Cl2N2O2. The monoisotopic (exact) mass is 320 g/mol. The molecule has 4 nitrogen and oxygen atoms in total. The maximum Gasteiger partial charge on any atom is 0.277 e. The molecule has 0 spiro atoms. The van der Waals surface area contributed by atoms with Crippen molar-refractivity contribution in [1.82, 2.24) is 9.78 Å². The van der Waals surface area contributed by atoms with Gasteiger partial charge in [-0.05, 0) is 18.2 Å². The van der Waals surface area contributed by atoms with E-state index in [2.05, 4.69) is 5.10 Å². The van der Waals surface area contributed by atoms with Gasteiger partial charge in [0.05, 0.1) is 5.39 Å². The van der Waals surface area contributed by atoms with Crippen molar-refractivity contribution in [3.05, 3.63) is 74.6 Å². The highest BCUT2D eigenvalue weighted by atomic mass is 35.5. The molecule has 1 unspecified atom stereocenters. The molecule has 0 saturated carbocycles. The number of halogens is 2. The second-order valence-corrected chi connectivity index (χ2v) is 5.31. The predicted octanol–water partition coefficient (Wildman–Crippen LogP) is 3.24. The van der Waals surface area contributed by atoms with Crippen LogP contribution >= 0.6 is 23.2 Å². The van der Waals surface area contributed by atoms with Crippen LogP contribution in [-0.4, -0.2) is 14.9 Å². The van der Waals surface area contributed by atoms with Crippen LogP contribution in [0.5, 0.6) is 0 Å².